The molecular formula is C21H17ClN2O. The summed E-state index contributed by atoms with van der Waals surface area (Å²) in [6.45, 7) is 0. The number of nitrogens with zero attached hydrogens (tertiary/aromatic N) is 2. The molecule has 1 fully saturated rings. The van der Waals surface area contributed by atoms with Gasteiger partial charge in [-0.2, -0.15) is 0 Å². The Hall–Kier alpha value is -2.52. The average molecular weight is 349 g/mol. The molecule has 2 aromatic carbocycles. The Labute approximate surface area is 150 Å². The van der Waals surface area contributed by atoms with Gasteiger partial charge in [0.05, 0.1) is 24.3 Å². The second-order valence-electron chi connectivity index (χ2n) is 6.57. The molecular weight excluding hydrogens is 332 g/mol. The van der Waals surface area contributed by atoms with Crippen LogP contribution in [0, 0.1) is 0 Å². The van der Waals surface area contributed by atoms with Crippen LogP contribution >= 0.6 is 11.6 Å². The van der Waals surface area contributed by atoms with Crippen molar-refractivity contribution in [3.05, 3.63) is 59.9 Å². The molecule has 1 saturated carbocycles. The van der Waals surface area contributed by atoms with E-state index in [0.29, 0.717) is 6.04 Å². The van der Waals surface area contributed by atoms with Crippen LogP contribution in [0.25, 0.3) is 32.9 Å². The molecule has 0 radical (unpaired) electrons. The zero-order valence-electron chi connectivity index (χ0n) is 13.9. The van der Waals surface area contributed by atoms with E-state index in [1.165, 1.54) is 34.6 Å². The number of hydrogen-bond donors (Lipinski definition) is 0. The highest BCUT2D eigenvalue weighted by Gasteiger charge is 2.28. The first kappa shape index (κ1) is 14.8. The van der Waals surface area contributed by atoms with Gasteiger partial charge in [-0.1, -0.05) is 23.7 Å². The lowest BCUT2D eigenvalue weighted by molar-refractivity contribution is 0.415. The molecule has 0 unspecified atom stereocenters. The minimum Gasteiger partial charge on any atom is -0.497 e. The van der Waals surface area contributed by atoms with E-state index in [9.17, 15) is 0 Å². The van der Waals surface area contributed by atoms with Crippen LogP contribution in [0.4, 0.5) is 0 Å². The smallest absolute Gasteiger partial charge is 0.118 e. The number of benzene rings is 2. The Balaban J connectivity index is 1.89. The fraction of sp³-hybridized carbons (Fsp3) is 0.190. The summed E-state index contributed by atoms with van der Waals surface area (Å²) in [5.41, 5.74) is 4.75. The molecule has 25 heavy (non-hydrogen) atoms. The third-order valence-electron chi connectivity index (χ3n) is 4.98. The van der Waals surface area contributed by atoms with Crippen LogP contribution in [-0.4, -0.2) is 16.7 Å². The summed E-state index contributed by atoms with van der Waals surface area (Å²) in [7, 11) is 1.69. The molecule has 5 rings (SSSR count). The van der Waals surface area contributed by atoms with E-state index in [4.69, 9.17) is 16.3 Å². The molecule has 0 saturated heterocycles. The maximum absolute atomic E-state index is 6.49. The molecule has 0 aliphatic heterocycles. The van der Waals surface area contributed by atoms with Crippen molar-refractivity contribution in [3.63, 3.8) is 0 Å². The van der Waals surface area contributed by atoms with Crippen LogP contribution in [0.2, 0.25) is 5.02 Å². The summed E-state index contributed by atoms with van der Waals surface area (Å²) < 4.78 is 7.75. The number of hydrogen-bond acceptors (Lipinski definition) is 2. The topological polar surface area (TPSA) is 27.1 Å². The molecule has 0 atom stereocenters. The van der Waals surface area contributed by atoms with Crippen molar-refractivity contribution < 1.29 is 4.74 Å². The zero-order chi connectivity index (χ0) is 17.0. The van der Waals surface area contributed by atoms with Crippen LogP contribution in [-0.2, 0) is 0 Å². The Kier molecular flexibility index (Phi) is 3.25. The molecule has 0 bridgehead atoms. The van der Waals surface area contributed by atoms with Crippen LogP contribution in [0.15, 0.2) is 54.9 Å². The molecule has 124 valence electrons. The Bertz CT molecular complexity index is 1090. The lowest BCUT2D eigenvalue weighted by Gasteiger charge is -2.11. The van der Waals surface area contributed by atoms with Gasteiger partial charge >= 0.3 is 0 Å². The number of ether oxygens (including phenoxy) is 1. The van der Waals surface area contributed by atoms with E-state index in [1.54, 1.807) is 7.11 Å². The van der Waals surface area contributed by atoms with Crippen molar-refractivity contribution in [1.82, 2.24) is 9.55 Å². The van der Waals surface area contributed by atoms with Crippen LogP contribution in [0.5, 0.6) is 5.75 Å². The molecule has 0 amide bonds. The van der Waals surface area contributed by atoms with Crippen LogP contribution < -0.4 is 4.74 Å². The first-order chi connectivity index (χ1) is 12.3. The maximum Gasteiger partial charge on any atom is 0.118 e. The summed E-state index contributed by atoms with van der Waals surface area (Å²) in [4.78, 5) is 4.36. The monoisotopic (exact) mass is 348 g/mol. The predicted octanol–water partition coefficient (Wildman–Crippen LogP) is 5.85. The fourth-order valence-electron chi connectivity index (χ4n) is 3.69. The summed E-state index contributed by atoms with van der Waals surface area (Å²) in [5, 5.41) is 3.17. The van der Waals surface area contributed by atoms with Gasteiger partial charge in [-0.05, 0) is 48.7 Å². The maximum atomic E-state index is 6.49. The van der Waals surface area contributed by atoms with Gasteiger partial charge in [0.15, 0.2) is 0 Å². The summed E-state index contributed by atoms with van der Waals surface area (Å²) >= 11 is 6.49. The lowest BCUT2D eigenvalue weighted by atomic mass is 10.0. The normalized spacial score (nSPS) is 14.3. The largest absolute Gasteiger partial charge is 0.497 e. The standard InChI is InChI=1S/C21H17ClN2O/c1-25-16-6-2-13(3-7-16)18-10-14(22)11-19-17-8-9-23-12-20(17)24(21(18)19)15-4-5-15/h2-3,6-12,15H,4-5H2,1H3. The lowest BCUT2D eigenvalue weighted by Crippen LogP contribution is -1.95. The molecule has 4 heteroatoms. The molecule has 2 heterocycles. The van der Waals surface area contributed by atoms with Gasteiger partial charge in [0.1, 0.15) is 5.75 Å². The van der Waals surface area contributed by atoms with Crippen LogP contribution in [0.3, 0.4) is 0 Å². The SMILES string of the molecule is COc1ccc(-c2cc(Cl)cc3c4ccncc4n(C4CC4)c23)cc1. The molecule has 0 N–H and O–H groups in total. The average Bonchev–Trinajstić information content (AvgIpc) is 3.43. The van der Waals surface area contributed by atoms with E-state index in [1.807, 2.05) is 24.5 Å². The van der Waals surface area contributed by atoms with Gasteiger partial charge in [-0.25, -0.2) is 0 Å². The number of aromatic nitrogens is 2. The third kappa shape index (κ3) is 2.30. The number of pyridine rings is 1. The minimum atomic E-state index is 0.558. The second-order valence-corrected chi connectivity index (χ2v) is 7.01. The van der Waals surface area contributed by atoms with E-state index >= 15 is 0 Å². The van der Waals surface area contributed by atoms with Gasteiger partial charge in [-0.15, -0.1) is 0 Å². The molecule has 3 nitrogen and oxygen atoms in total. The Morgan fingerprint density at radius 1 is 1.08 bits per heavy atom. The summed E-state index contributed by atoms with van der Waals surface area (Å²) in [6, 6.07) is 15.0. The number of rotatable bonds is 3. The van der Waals surface area contributed by atoms with E-state index in [2.05, 4.69) is 39.9 Å². The van der Waals surface area contributed by atoms with Crippen molar-refractivity contribution >= 4 is 33.4 Å². The highest BCUT2D eigenvalue weighted by atomic mass is 35.5. The van der Waals surface area contributed by atoms with E-state index in [0.717, 1.165) is 21.9 Å². The Morgan fingerprint density at radius 2 is 1.88 bits per heavy atom. The van der Waals surface area contributed by atoms with Gasteiger partial charge in [0.25, 0.3) is 0 Å². The number of methoxy groups -OCH3 is 1. The summed E-state index contributed by atoms with van der Waals surface area (Å²) in [5.74, 6) is 0.856. The molecule has 4 aromatic rings. The van der Waals surface area contributed by atoms with Crippen molar-refractivity contribution in [3.8, 4) is 16.9 Å². The summed E-state index contributed by atoms with van der Waals surface area (Å²) in [6.07, 6.45) is 6.27. The molecule has 2 aromatic heterocycles. The molecule has 1 aliphatic rings. The predicted molar refractivity (Wildman–Crippen MR) is 103 cm³/mol. The highest BCUT2D eigenvalue weighted by molar-refractivity contribution is 6.32. The first-order valence-corrected chi connectivity index (χ1v) is 8.85. The molecule has 1 aliphatic carbocycles. The van der Waals surface area contributed by atoms with Crippen molar-refractivity contribution in [2.24, 2.45) is 0 Å². The Morgan fingerprint density at radius 3 is 2.60 bits per heavy atom. The van der Waals surface area contributed by atoms with E-state index < -0.39 is 0 Å². The molecule has 0 spiro atoms. The van der Waals surface area contributed by atoms with Gasteiger partial charge < -0.3 is 9.30 Å². The number of halogens is 1. The second kappa shape index (κ2) is 5.50. The minimum absolute atomic E-state index is 0.558. The van der Waals surface area contributed by atoms with Gasteiger partial charge in [-0.3, -0.25) is 4.98 Å². The first-order valence-electron chi connectivity index (χ1n) is 8.48. The highest BCUT2D eigenvalue weighted by Crippen LogP contribution is 2.45. The van der Waals surface area contributed by atoms with Gasteiger partial charge in [0.2, 0.25) is 0 Å². The zero-order valence-corrected chi connectivity index (χ0v) is 14.6. The third-order valence-corrected chi connectivity index (χ3v) is 5.20. The van der Waals surface area contributed by atoms with Crippen molar-refractivity contribution in [1.29, 1.82) is 0 Å². The van der Waals surface area contributed by atoms with Crippen molar-refractivity contribution in [2.45, 2.75) is 18.9 Å². The fourth-order valence-corrected chi connectivity index (χ4v) is 3.91. The van der Waals surface area contributed by atoms with E-state index in [-0.39, 0.29) is 0 Å². The van der Waals surface area contributed by atoms with Gasteiger partial charge in [0, 0.05) is 33.6 Å². The number of fused-ring (bicyclic) bond motifs is 3. The van der Waals surface area contributed by atoms with Crippen molar-refractivity contribution in [2.75, 3.05) is 7.11 Å². The quantitative estimate of drug-likeness (QED) is 0.464. The van der Waals surface area contributed by atoms with Crippen LogP contribution in [0.1, 0.15) is 18.9 Å².